The topological polar surface area (TPSA) is 105 Å². The molecule has 0 aliphatic heterocycles. The number of amides is 1. The molecule has 0 aliphatic carbocycles. The number of hydrazine groups is 1. The number of hydrogen-bond donors (Lipinski definition) is 3. The number of aromatic hydroxyl groups is 1. The zero-order chi connectivity index (χ0) is 19.7. The maximum Gasteiger partial charge on any atom is 0.273 e. The third-order valence-corrected chi connectivity index (χ3v) is 4.39. The summed E-state index contributed by atoms with van der Waals surface area (Å²) in [5.41, 5.74) is 6.49. The van der Waals surface area contributed by atoms with Crippen molar-refractivity contribution in [3.8, 4) is 11.4 Å². The SMILES string of the molecule is O=C(NNc1ncnc2c1cnn2-c1cccc(Cl)c1)c1cc(Cl)ccc1O. The molecule has 28 heavy (non-hydrogen) atoms. The van der Waals surface area contributed by atoms with E-state index in [1.165, 1.54) is 24.5 Å². The summed E-state index contributed by atoms with van der Waals surface area (Å²) >= 11 is 11.9. The molecular formula is C18H12Cl2N6O2. The number of anilines is 1. The maximum absolute atomic E-state index is 12.3. The number of fused-ring (bicyclic) bond motifs is 1. The maximum atomic E-state index is 12.3. The van der Waals surface area contributed by atoms with Gasteiger partial charge < -0.3 is 5.11 Å². The molecule has 2 aromatic heterocycles. The molecular weight excluding hydrogens is 403 g/mol. The standard InChI is InChI=1S/C18H12Cl2N6O2/c19-10-2-1-3-12(6-10)26-17-14(8-23-26)16(21-9-22-17)24-25-18(28)13-7-11(20)4-5-15(13)27/h1-9,27H,(H,25,28)(H,21,22,24). The molecule has 0 saturated heterocycles. The fourth-order valence-corrected chi connectivity index (χ4v) is 2.97. The molecule has 1 amide bonds. The number of nitrogens with one attached hydrogen (secondary N) is 2. The first-order valence-electron chi connectivity index (χ1n) is 8.02. The number of phenolic OH excluding ortho intramolecular Hbond substituents is 1. The lowest BCUT2D eigenvalue weighted by Crippen LogP contribution is -2.30. The van der Waals surface area contributed by atoms with Gasteiger partial charge in [-0.1, -0.05) is 29.3 Å². The number of halogens is 2. The second-order valence-electron chi connectivity index (χ2n) is 5.74. The lowest BCUT2D eigenvalue weighted by atomic mass is 10.2. The molecule has 4 aromatic rings. The van der Waals surface area contributed by atoms with Crippen LogP contribution in [0.3, 0.4) is 0 Å². The monoisotopic (exact) mass is 414 g/mol. The Labute approximate surface area is 168 Å². The fraction of sp³-hybridized carbons (Fsp3) is 0. The Morgan fingerprint density at radius 1 is 1.07 bits per heavy atom. The lowest BCUT2D eigenvalue weighted by Gasteiger charge is -2.10. The third kappa shape index (κ3) is 3.42. The molecule has 0 atom stereocenters. The van der Waals surface area contributed by atoms with Crippen molar-refractivity contribution in [2.75, 3.05) is 5.43 Å². The highest BCUT2D eigenvalue weighted by Gasteiger charge is 2.14. The van der Waals surface area contributed by atoms with Crippen LogP contribution < -0.4 is 10.9 Å². The number of hydrogen-bond acceptors (Lipinski definition) is 6. The Bertz CT molecular complexity index is 1190. The number of phenols is 1. The number of carbonyl (C=O) groups is 1. The predicted molar refractivity (Wildman–Crippen MR) is 106 cm³/mol. The molecule has 0 bridgehead atoms. The van der Waals surface area contributed by atoms with Crippen molar-refractivity contribution in [3.63, 3.8) is 0 Å². The van der Waals surface area contributed by atoms with Crippen molar-refractivity contribution in [1.29, 1.82) is 0 Å². The quantitative estimate of drug-likeness (QED) is 0.440. The molecule has 0 spiro atoms. The molecule has 3 N–H and O–H groups in total. The molecule has 0 saturated carbocycles. The van der Waals surface area contributed by atoms with Gasteiger partial charge in [0.25, 0.3) is 5.91 Å². The average Bonchev–Trinajstić information content (AvgIpc) is 3.12. The van der Waals surface area contributed by atoms with Gasteiger partial charge >= 0.3 is 0 Å². The minimum Gasteiger partial charge on any atom is -0.507 e. The summed E-state index contributed by atoms with van der Waals surface area (Å²) in [6, 6.07) is 11.4. The number of aromatic nitrogens is 4. The average molecular weight is 415 g/mol. The van der Waals surface area contributed by atoms with Gasteiger partial charge in [-0.25, -0.2) is 14.6 Å². The zero-order valence-electron chi connectivity index (χ0n) is 14.1. The van der Waals surface area contributed by atoms with Crippen LogP contribution in [0.5, 0.6) is 5.75 Å². The van der Waals surface area contributed by atoms with E-state index in [-0.39, 0.29) is 11.3 Å². The first-order valence-corrected chi connectivity index (χ1v) is 8.78. The van der Waals surface area contributed by atoms with Crippen LogP contribution >= 0.6 is 23.2 Å². The van der Waals surface area contributed by atoms with Crippen LogP contribution in [-0.4, -0.2) is 30.8 Å². The normalized spacial score (nSPS) is 10.8. The van der Waals surface area contributed by atoms with Crippen molar-refractivity contribution in [2.45, 2.75) is 0 Å². The number of benzene rings is 2. The Kier molecular flexibility index (Phi) is 4.72. The Hall–Kier alpha value is -3.36. The van der Waals surface area contributed by atoms with E-state index < -0.39 is 5.91 Å². The van der Waals surface area contributed by atoms with E-state index in [9.17, 15) is 9.90 Å². The largest absolute Gasteiger partial charge is 0.507 e. The van der Waals surface area contributed by atoms with Crippen LogP contribution in [0.15, 0.2) is 55.0 Å². The van der Waals surface area contributed by atoms with E-state index in [1.807, 2.05) is 12.1 Å². The van der Waals surface area contributed by atoms with Crippen molar-refractivity contribution >= 4 is 46.0 Å². The Balaban J connectivity index is 1.62. The Morgan fingerprint density at radius 3 is 2.71 bits per heavy atom. The molecule has 4 rings (SSSR count). The number of rotatable bonds is 4. The van der Waals surface area contributed by atoms with E-state index >= 15 is 0 Å². The fourth-order valence-electron chi connectivity index (χ4n) is 2.61. The number of nitrogens with zero attached hydrogens (tertiary/aromatic N) is 4. The van der Waals surface area contributed by atoms with E-state index in [4.69, 9.17) is 23.2 Å². The summed E-state index contributed by atoms with van der Waals surface area (Å²) in [6.45, 7) is 0. The van der Waals surface area contributed by atoms with Crippen molar-refractivity contribution in [1.82, 2.24) is 25.2 Å². The molecule has 8 nitrogen and oxygen atoms in total. The van der Waals surface area contributed by atoms with Gasteiger partial charge in [0, 0.05) is 10.0 Å². The van der Waals surface area contributed by atoms with Gasteiger partial charge in [-0.05, 0) is 36.4 Å². The summed E-state index contributed by atoms with van der Waals surface area (Å²) in [5.74, 6) is -0.424. The molecule has 2 aromatic carbocycles. The van der Waals surface area contributed by atoms with Crippen LogP contribution in [-0.2, 0) is 0 Å². The van der Waals surface area contributed by atoms with Gasteiger partial charge in [-0.3, -0.25) is 15.6 Å². The minimum atomic E-state index is -0.575. The van der Waals surface area contributed by atoms with Crippen LogP contribution in [0, 0.1) is 0 Å². The summed E-state index contributed by atoms with van der Waals surface area (Å²) in [6.07, 6.45) is 2.91. The van der Waals surface area contributed by atoms with Gasteiger partial charge in [-0.15, -0.1) is 0 Å². The highest BCUT2D eigenvalue weighted by molar-refractivity contribution is 6.31. The van der Waals surface area contributed by atoms with Crippen LogP contribution in [0.2, 0.25) is 10.0 Å². The molecule has 0 aliphatic rings. The molecule has 0 unspecified atom stereocenters. The predicted octanol–water partition coefficient (Wildman–Crippen LogP) is 3.58. The summed E-state index contributed by atoms with van der Waals surface area (Å²) < 4.78 is 1.61. The van der Waals surface area contributed by atoms with E-state index in [1.54, 1.807) is 23.0 Å². The molecule has 0 radical (unpaired) electrons. The molecule has 140 valence electrons. The van der Waals surface area contributed by atoms with Crippen molar-refractivity contribution < 1.29 is 9.90 Å². The molecule has 0 fully saturated rings. The van der Waals surface area contributed by atoms with Crippen molar-refractivity contribution in [2.24, 2.45) is 0 Å². The summed E-state index contributed by atoms with van der Waals surface area (Å²) in [4.78, 5) is 20.7. The summed E-state index contributed by atoms with van der Waals surface area (Å²) in [5, 5.41) is 15.6. The van der Waals surface area contributed by atoms with Gasteiger partial charge in [0.2, 0.25) is 0 Å². The van der Waals surface area contributed by atoms with Gasteiger partial charge in [0.15, 0.2) is 11.5 Å². The second kappa shape index (κ2) is 7.34. The highest BCUT2D eigenvalue weighted by atomic mass is 35.5. The number of carbonyl (C=O) groups excluding carboxylic acids is 1. The van der Waals surface area contributed by atoms with Gasteiger partial charge in [0.1, 0.15) is 12.1 Å². The first-order chi connectivity index (χ1) is 13.5. The smallest absolute Gasteiger partial charge is 0.273 e. The van der Waals surface area contributed by atoms with E-state index in [0.717, 1.165) is 5.69 Å². The molecule has 2 heterocycles. The second-order valence-corrected chi connectivity index (χ2v) is 6.61. The van der Waals surface area contributed by atoms with Crippen LogP contribution in [0.25, 0.3) is 16.7 Å². The van der Waals surface area contributed by atoms with E-state index in [2.05, 4.69) is 25.9 Å². The minimum absolute atomic E-state index is 0.0277. The van der Waals surface area contributed by atoms with Gasteiger partial charge in [0.05, 0.1) is 22.8 Å². The summed E-state index contributed by atoms with van der Waals surface area (Å²) in [7, 11) is 0. The zero-order valence-corrected chi connectivity index (χ0v) is 15.6. The Morgan fingerprint density at radius 2 is 1.89 bits per heavy atom. The van der Waals surface area contributed by atoms with Crippen molar-refractivity contribution in [3.05, 3.63) is 70.6 Å². The van der Waals surface area contributed by atoms with Gasteiger partial charge in [-0.2, -0.15) is 5.10 Å². The van der Waals surface area contributed by atoms with E-state index in [0.29, 0.717) is 26.9 Å². The van der Waals surface area contributed by atoms with Crippen LogP contribution in [0.1, 0.15) is 10.4 Å². The lowest BCUT2D eigenvalue weighted by molar-refractivity contribution is 0.0960. The molecule has 10 heteroatoms. The third-order valence-electron chi connectivity index (χ3n) is 3.92. The van der Waals surface area contributed by atoms with Crippen LogP contribution in [0.4, 0.5) is 5.82 Å². The first kappa shape index (κ1) is 18.0. The highest BCUT2D eigenvalue weighted by Crippen LogP contribution is 2.24.